The third-order valence-electron chi connectivity index (χ3n) is 3.36. The number of hydrogen-bond donors (Lipinski definition) is 0. The number of carbonyl (C=O) groups is 1. The van der Waals surface area contributed by atoms with Crippen LogP contribution in [0.15, 0.2) is 53.4 Å². The van der Waals surface area contributed by atoms with Gasteiger partial charge in [-0.15, -0.1) is 0 Å². The van der Waals surface area contributed by atoms with Gasteiger partial charge in [0.25, 0.3) is 10.0 Å². The van der Waals surface area contributed by atoms with Crippen molar-refractivity contribution in [3.63, 3.8) is 0 Å². The van der Waals surface area contributed by atoms with Gasteiger partial charge in [0.1, 0.15) is 11.8 Å². The summed E-state index contributed by atoms with van der Waals surface area (Å²) in [5, 5.41) is -0.390. The van der Waals surface area contributed by atoms with Crippen molar-refractivity contribution >= 4 is 44.2 Å². The number of anilines is 1. The molecule has 0 spiro atoms. The van der Waals surface area contributed by atoms with Gasteiger partial charge in [0, 0.05) is 11.1 Å². The molecule has 0 aromatic heterocycles. The second kappa shape index (κ2) is 7.42. The van der Waals surface area contributed by atoms with Crippen LogP contribution in [0.5, 0.6) is 5.75 Å². The van der Waals surface area contributed by atoms with Crippen LogP contribution in [0.3, 0.4) is 0 Å². The van der Waals surface area contributed by atoms with E-state index in [1.807, 2.05) is 0 Å². The van der Waals surface area contributed by atoms with Gasteiger partial charge < -0.3 is 4.74 Å². The van der Waals surface area contributed by atoms with Gasteiger partial charge in [0.05, 0.1) is 17.7 Å². The minimum absolute atomic E-state index is 0.000475. The summed E-state index contributed by atoms with van der Waals surface area (Å²) < 4.78 is 32.1. The van der Waals surface area contributed by atoms with Gasteiger partial charge in [-0.25, -0.2) is 8.42 Å². The van der Waals surface area contributed by atoms with Crippen molar-refractivity contribution in [2.24, 2.45) is 0 Å². The molecular formula is C16H15Cl2NO4S. The van der Waals surface area contributed by atoms with Crippen molar-refractivity contribution in [1.29, 1.82) is 0 Å². The lowest BCUT2D eigenvalue weighted by Crippen LogP contribution is -2.42. The van der Waals surface area contributed by atoms with Crippen LogP contribution in [0.2, 0.25) is 5.02 Å². The third kappa shape index (κ3) is 3.83. The van der Waals surface area contributed by atoms with E-state index in [1.165, 1.54) is 44.4 Å². The number of hydrogen-bond acceptors (Lipinski definition) is 4. The summed E-state index contributed by atoms with van der Waals surface area (Å²) in [7, 11) is -2.56. The molecule has 0 aliphatic rings. The first kappa shape index (κ1) is 18.6. The molecule has 1 atom stereocenters. The molecule has 0 N–H and O–H groups in total. The lowest BCUT2D eigenvalue weighted by Gasteiger charge is -2.28. The van der Waals surface area contributed by atoms with E-state index in [0.29, 0.717) is 10.8 Å². The van der Waals surface area contributed by atoms with E-state index in [4.69, 9.17) is 27.9 Å². The summed E-state index contributed by atoms with van der Waals surface area (Å²) in [6.45, 7) is 1.42. The Balaban J connectivity index is 2.61. The van der Waals surface area contributed by atoms with Crippen molar-refractivity contribution < 1.29 is 17.9 Å². The summed E-state index contributed by atoms with van der Waals surface area (Å²) in [5.74, 6) is 0.457. The number of methoxy groups -OCH3 is 1. The molecular weight excluding hydrogens is 373 g/mol. The normalized spacial score (nSPS) is 12.5. The van der Waals surface area contributed by atoms with Gasteiger partial charge in [-0.2, -0.15) is 0 Å². The van der Waals surface area contributed by atoms with Crippen molar-refractivity contribution in [1.82, 2.24) is 0 Å². The zero-order chi connectivity index (χ0) is 17.9. The fourth-order valence-corrected chi connectivity index (χ4v) is 4.02. The molecule has 0 fully saturated rings. The number of benzene rings is 2. The molecule has 128 valence electrons. The molecule has 0 radical (unpaired) electrons. The number of sulfonamides is 1. The summed E-state index contributed by atoms with van der Waals surface area (Å²) in [5.41, 5.74) is 0.269. The zero-order valence-electron chi connectivity index (χ0n) is 12.9. The molecule has 0 aliphatic carbocycles. The highest BCUT2D eigenvalue weighted by atomic mass is 35.5. The van der Waals surface area contributed by atoms with E-state index >= 15 is 0 Å². The molecule has 2 aromatic rings. The standard InChI is InChI=1S/C16H15Cl2NO4S/c1-11(16(18)20)19(13-4-3-5-14(10-13)23-2)24(21,22)15-8-6-12(17)7-9-15/h3-11H,1-2H3. The smallest absolute Gasteiger partial charge is 0.265 e. The van der Waals surface area contributed by atoms with Crippen molar-refractivity contribution in [2.45, 2.75) is 17.9 Å². The monoisotopic (exact) mass is 387 g/mol. The van der Waals surface area contributed by atoms with Crippen LogP contribution in [0.4, 0.5) is 5.69 Å². The Labute approximate surface area is 150 Å². The third-order valence-corrected chi connectivity index (χ3v) is 5.84. The molecule has 0 heterocycles. The van der Waals surface area contributed by atoms with Gasteiger partial charge in [-0.3, -0.25) is 9.10 Å². The van der Waals surface area contributed by atoms with E-state index < -0.39 is 21.3 Å². The number of halogens is 2. The molecule has 2 aromatic carbocycles. The molecule has 0 amide bonds. The number of carbonyl (C=O) groups excluding carboxylic acids is 1. The van der Waals surface area contributed by atoms with Crippen LogP contribution >= 0.6 is 23.2 Å². The highest BCUT2D eigenvalue weighted by Gasteiger charge is 2.32. The predicted octanol–water partition coefficient (Wildman–Crippen LogP) is 3.70. The first-order chi connectivity index (χ1) is 11.3. The first-order valence-corrected chi connectivity index (χ1v) is 9.10. The second-order valence-electron chi connectivity index (χ2n) is 4.94. The maximum atomic E-state index is 13.0. The highest BCUT2D eigenvalue weighted by molar-refractivity contribution is 7.93. The SMILES string of the molecule is COc1cccc(N(C(C)C(=O)Cl)S(=O)(=O)c2ccc(Cl)cc2)c1. The Morgan fingerprint density at radius 1 is 1.17 bits per heavy atom. The van der Waals surface area contributed by atoms with Crippen molar-refractivity contribution in [3.05, 3.63) is 53.6 Å². The van der Waals surface area contributed by atoms with Gasteiger partial charge in [0.15, 0.2) is 0 Å². The van der Waals surface area contributed by atoms with Crippen LogP contribution in [0.1, 0.15) is 6.92 Å². The second-order valence-corrected chi connectivity index (χ2v) is 7.56. The van der Waals surface area contributed by atoms with E-state index in [-0.39, 0.29) is 10.6 Å². The lowest BCUT2D eigenvalue weighted by molar-refractivity contribution is -0.112. The topological polar surface area (TPSA) is 63.7 Å². The molecule has 1 unspecified atom stereocenters. The molecule has 0 bridgehead atoms. The lowest BCUT2D eigenvalue weighted by atomic mass is 10.2. The Bertz CT molecular complexity index is 837. The Morgan fingerprint density at radius 2 is 1.79 bits per heavy atom. The zero-order valence-corrected chi connectivity index (χ0v) is 15.3. The van der Waals surface area contributed by atoms with Gasteiger partial charge in [-0.1, -0.05) is 17.7 Å². The molecule has 2 rings (SSSR count). The Morgan fingerprint density at radius 3 is 2.33 bits per heavy atom. The van der Waals surface area contributed by atoms with E-state index in [2.05, 4.69) is 0 Å². The molecule has 0 saturated heterocycles. The van der Waals surface area contributed by atoms with Gasteiger partial charge in [0.2, 0.25) is 5.24 Å². The van der Waals surface area contributed by atoms with E-state index in [0.717, 1.165) is 4.31 Å². The molecule has 8 heteroatoms. The number of nitrogens with zero attached hydrogens (tertiary/aromatic N) is 1. The largest absolute Gasteiger partial charge is 0.497 e. The minimum Gasteiger partial charge on any atom is -0.497 e. The van der Waals surface area contributed by atoms with Crippen LogP contribution < -0.4 is 9.04 Å². The molecule has 24 heavy (non-hydrogen) atoms. The average molecular weight is 388 g/mol. The Hall–Kier alpha value is -1.76. The van der Waals surface area contributed by atoms with Gasteiger partial charge in [-0.05, 0) is 54.9 Å². The number of rotatable bonds is 6. The minimum atomic E-state index is -4.03. The van der Waals surface area contributed by atoms with E-state index in [9.17, 15) is 13.2 Å². The predicted molar refractivity (Wildman–Crippen MR) is 94.4 cm³/mol. The van der Waals surface area contributed by atoms with Crippen molar-refractivity contribution in [2.75, 3.05) is 11.4 Å². The van der Waals surface area contributed by atoms with E-state index in [1.54, 1.807) is 18.2 Å². The van der Waals surface area contributed by atoms with Crippen LogP contribution in [-0.2, 0) is 14.8 Å². The summed E-state index contributed by atoms with van der Waals surface area (Å²) in [4.78, 5) is 11.7. The average Bonchev–Trinajstić information content (AvgIpc) is 2.55. The van der Waals surface area contributed by atoms with Crippen molar-refractivity contribution in [3.8, 4) is 5.75 Å². The molecule has 0 aliphatic heterocycles. The molecule has 5 nitrogen and oxygen atoms in total. The van der Waals surface area contributed by atoms with Crippen LogP contribution in [0.25, 0.3) is 0 Å². The number of ether oxygens (including phenoxy) is 1. The fraction of sp³-hybridized carbons (Fsp3) is 0.188. The fourth-order valence-electron chi connectivity index (χ4n) is 2.13. The highest BCUT2D eigenvalue weighted by Crippen LogP contribution is 2.30. The van der Waals surface area contributed by atoms with Crippen LogP contribution in [-0.4, -0.2) is 26.8 Å². The summed E-state index contributed by atoms with van der Waals surface area (Å²) in [6, 6.07) is 11.0. The molecule has 0 saturated carbocycles. The van der Waals surface area contributed by atoms with Crippen LogP contribution in [0, 0.1) is 0 Å². The van der Waals surface area contributed by atoms with Gasteiger partial charge >= 0.3 is 0 Å². The summed E-state index contributed by atoms with van der Waals surface area (Å²) >= 11 is 11.4. The quantitative estimate of drug-likeness (QED) is 0.708. The summed E-state index contributed by atoms with van der Waals surface area (Å²) in [6.07, 6.45) is 0. The maximum Gasteiger partial charge on any atom is 0.265 e. The Kier molecular flexibility index (Phi) is 5.74. The first-order valence-electron chi connectivity index (χ1n) is 6.91. The maximum absolute atomic E-state index is 13.0.